The minimum absolute atomic E-state index is 0.119. The summed E-state index contributed by atoms with van der Waals surface area (Å²) < 4.78 is 18.7. The number of carbonyl (C=O) groups is 1. The molecular weight excluding hydrogens is 271 g/mol. The van der Waals surface area contributed by atoms with Gasteiger partial charge in [0.15, 0.2) is 0 Å². The van der Waals surface area contributed by atoms with Crippen LogP contribution in [-0.2, 0) is 9.53 Å². The minimum atomic E-state index is -0.365. The van der Waals surface area contributed by atoms with Gasteiger partial charge in [0.1, 0.15) is 17.5 Å². The fraction of sp³-hybridized carbons (Fsp3) is 0.562. The summed E-state index contributed by atoms with van der Waals surface area (Å²) in [5.41, 5.74) is 0.579. The van der Waals surface area contributed by atoms with Crippen molar-refractivity contribution in [2.75, 3.05) is 13.2 Å². The zero-order chi connectivity index (χ0) is 14.4. The number of carbonyl (C=O) groups excluding carboxylic acids is 1. The summed E-state index contributed by atoms with van der Waals surface area (Å²) in [6, 6.07) is 6.55. The van der Waals surface area contributed by atoms with E-state index in [1.165, 1.54) is 12.1 Å². The summed E-state index contributed by atoms with van der Waals surface area (Å²) in [4.78, 5) is 14.7. The smallest absolute Gasteiger partial charge is 0.244 e. The maximum absolute atomic E-state index is 13.1. The molecule has 2 atom stereocenters. The maximum atomic E-state index is 13.1. The van der Waals surface area contributed by atoms with E-state index in [1.54, 1.807) is 12.1 Å². The van der Waals surface area contributed by atoms with Gasteiger partial charge >= 0.3 is 0 Å². The minimum Gasteiger partial charge on any atom is -0.379 e. The average molecular weight is 290 g/mol. The summed E-state index contributed by atoms with van der Waals surface area (Å²) >= 11 is 0. The third-order valence-electron chi connectivity index (χ3n) is 4.80. The van der Waals surface area contributed by atoms with Gasteiger partial charge < -0.3 is 9.64 Å². The topological polar surface area (TPSA) is 41.6 Å². The first-order valence-electron chi connectivity index (χ1n) is 7.63. The highest BCUT2D eigenvalue weighted by molar-refractivity contribution is 5.92. The molecule has 1 amide bonds. The molecule has 1 aromatic rings. The molecular formula is C16H19FN2O2. The molecule has 21 heavy (non-hydrogen) atoms. The second-order valence-corrected chi connectivity index (χ2v) is 6.26. The van der Waals surface area contributed by atoms with E-state index in [0.717, 1.165) is 37.9 Å². The fourth-order valence-corrected chi connectivity index (χ4v) is 3.45. The molecule has 1 saturated carbocycles. The monoisotopic (exact) mass is 290 g/mol. The van der Waals surface area contributed by atoms with Crippen molar-refractivity contribution in [3.63, 3.8) is 0 Å². The van der Waals surface area contributed by atoms with E-state index >= 15 is 0 Å². The van der Waals surface area contributed by atoms with Crippen molar-refractivity contribution in [2.45, 2.75) is 43.4 Å². The van der Waals surface area contributed by atoms with E-state index in [2.05, 4.69) is 5.32 Å². The van der Waals surface area contributed by atoms with Crippen LogP contribution in [-0.4, -0.2) is 35.6 Å². The van der Waals surface area contributed by atoms with Crippen LogP contribution in [0.4, 0.5) is 4.39 Å². The lowest BCUT2D eigenvalue weighted by molar-refractivity contribution is -0.136. The Bertz CT molecular complexity index is 550. The molecule has 0 aromatic heterocycles. The highest BCUT2D eigenvalue weighted by atomic mass is 19.1. The van der Waals surface area contributed by atoms with Crippen LogP contribution in [0, 0.1) is 5.82 Å². The molecule has 112 valence electrons. The number of ether oxygens (including phenoxy) is 1. The lowest BCUT2D eigenvalue weighted by atomic mass is 10.1. The molecule has 3 aliphatic rings. The molecule has 1 aromatic carbocycles. The first kappa shape index (κ1) is 13.2. The first-order chi connectivity index (χ1) is 10.2. The van der Waals surface area contributed by atoms with Gasteiger partial charge in [-0.2, -0.15) is 0 Å². The molecule has 2 aliphatic heterocycles. The number of amides is 1. The molecule has 0 bridgehead atoms. The number of hydrogen-bond acceptors (Lipinski definition) is 3. The van der Waals surface area contributed by atoms with Crippen LogP contribution in [0.3, 0.4) is 0 Å². The fourth-order valence-electron chi connectivity index (χ4n) is 3.45. The largest absolute Gasteiger partial charge is 0.379 e. The van der Waals surface area contributed by atoms with Gasteiger partial charge in [0.25, 0.3) is 0 Å². The van der Waals surface area contributed by atoms with Gasteiger partial charge in [-0.25, -0.2) is 4.39 Å². The number of hydrogen-bond donors (Lipinski definition) is 1. The van der Waals surface area contributed by atoms with Crippen molar-refractivity contribution in [1.29, 1.82) is 0 Å². The SMILES string of the molecule is O=C1N(C2CCCOC2)C(c2ccc(F)cc2)NC12CC2. The summed E-state index contributed by atoms with van der Waals surface area (Å²) in [7, 11) is 0. The lowest BCUT2D eigenvalue weighted by Gasteiger charge is -2.35. The van der Waals surface area contributed by atoms with Crippen molar-refractivity contribution in [2.24, 2.45) is 0 Å². The van der Waals surface area contributed by atoms with Crippen molar-refractivity contribution < 1.29 is 13.9 Å². The van der Waals surface area contributed by atoms with Crippen molar-refractivity contribution in [1.82, 2.24) is 10.2 Å². The van der Waals surface area contributed by atoms with E-state index in [1.807, 2.05) is 4.90 Å². The summed E-state index contributed by atoms with van der Waals surface area (Å²) in [5, 5.41) is 3.47. The van der Waals surface area contributed by atoms with Crippen LogP contribution in [0.15, 0.2) is 24.3 Å². The molecule has 1 spiro atoms. The zero-order valence-electron chi connectivity index (χ0n) is 11.8. The highest BCUT2D eigenvalue weighted by Gasteiger charge is 2.60. The second kappa shape index (κ2) is 4.78. The van der Waals surface area contributed by atoms with Crippen LogP contribution in [0.1, 0.15) is 37.4 Å². The Kier molecular flexibility index (Phi) is 3.01. The Morgan fingerprint density at radius 3 is 2.67 bits per heavy atom. The third-order valence-corrected chi connectivity index (χ3v) is 4.80. The predicted molar refractivity (Wildman–Crippen MR) is 74.9 cm³/mol. The second-order valence-electron chi connectivity index (χ2n) is 6.26. The standard InChI is InChI=1S/C16H19FN2O2/c17-12-5-3-11(4-6-12)14-18-16(7-8-16)15(20)19(14)13-2-1-9-21-10-13/h3-6,13-14,18H,1-2,7-10H2. The molecule has 1 N–H and O–H groups in total. The van der Waals surface area contributed by atoms with E-state index < -0.39 is 0 Å². The first-order valence-corrected chi connectivity index (χ1v) is 7.63. The van der Waals surface area contributed by atoms with E-state index in [4.69, 9.17) is 4.74 Å². The average Bonchev–Trinajstić information content (AvgIpc) is 3.23. The third kappa shape index (κ3) is 2.15. The highest BCUT2D eigenvalue weighted by Crippen LogP contribution is 2.47. The van der Waals surface area contributed by atoms with Crippen molar-refractivity contribution in [3.05, 3.63) is 35.6 Å². The number of nitrogens with zero attached hydrogens (tertiary/aromatic N) is 1. The van der Waals surface area contributed by atoms with Gasteiger partial charge in [-0.3, -0.25) is 10.1 Å². The molecule has 4 nitrogen and oxygen atoms in total. The van der Waals surface area contributed by atoms with E-state index in [-0.39, 0.29) is 29.5 Å². The van der Waals surface area contributed by atoms with E-state index in [9.17, 15) is 9.18 Å². The van der Waals surface area contributed by atoms with Gasteiger partial charge in [-0.1, -0.05) is 12.1 Å². The number of halogens is 1. The van der Waals surface area contributed by atoms with Crippen LogP contribution in [0.25, 0.3) is 0 Å². The van der Waals surface area contributed by atoms with Gasteiger partial charge in [-0.05, 0) is 43.4 Å². The van der Waals surface area contributed by atoms with Crippen LogP contribution < -0.4 is 5.32 Å². The van der Waals surface area contributed by atoms with Gasteiger partial charge in [0.2, 0.25) is 5.91 Å². The van der Waals surface area contributed by atoms with Crippen LogP contribution in [0.2, 0.25) is 0 Å². The maximum Gasteiger partial charge on any atom is 0.244 e. The molecule has 5 heteroatoms. The number of benzene rings is 1. The van der Waals surface area contributed by atoms with Gasteiger partial charge in [-0.15, -0.1) is 0 Å². The molecule has 3 fully saturated rings. The Balaban J connectivity index is 1.66. The van der Waals surface area contributed by atoms with E-state index in [0.29, 0.717) is 6.61 Å². The molecule has 4 rings (SSSR count). The molecule has 2 saturated heterocycles. The Morgan fingerprint density at radius 2 is 2.05 bits per heavy atom. The summed E-state index contributed by atoms with van der Waals surface area (Å²) in [6.45, 7) is 1.37. The molecule has 0 radical (unpaired) electrons. The Labute approximate surface area is 123 Å². The Hall–Kier alpha value is -1.46. The number of nitrogens with one attached hydrogen (secondary N) is 1. The normalized spacial score (nSPS) is 30.9. The summed E-state index contributed by atoms with van der Waals surface area (Å²) in [6.07, 6.45) is 3.59. The van der Waals surface area contributed by atoms with Gasteiger partial charge in [0.05, 0.1) is 12.6 Å². The number of rotatable bonds is 2. The van der Waals surface area contributed by atoms with Crippen molar-refractivity contribution in [3.8, 4) is 0 Å². The molecule has 2 heterocycles. The predicted octanol–water partition coefficient (Wildman–Crippen LogP) is 1.97. The quantitative estimate of drug-likeness (QED) is 0.905. The van der Waals surface area contributed by atoms with Crippen LogP contribution in [0.5, 0.6) is 0 Å². The summed E-state index contributed by atoms with van der Waals surface area (Å²) in [5.74, 6) is -0.0657. The van der Waals surface area contributed by atoms with Crippen LogP contribution >= 0.6 is 0 Å². The molecule has 2 unspecified atom stereocenters. The molecule has 1 aliphatic carbocycles. The van der Waals surface area contributed by atoms with Gasteiger partial charge in [0, 0.05) is 6.61 Å². The Morgan fingerprint density at radius 1 is 1.29 bits per heavy atom. The van der Waals surface area contributed by atoms with Crippen molar-refractivity contribution >= 4 is 5.91 Å². The lowest BCUT2D eigenvalue weighted by Crippen LogP contribution is -2.45. The zero-order valence-corrected chi connectivity index (χ0v) is 11.8.